The van der Waals surface area contributed by atoms with E-state index in [0.717, 1.165) is 11.2 Å². The van der Waals surface area contributed by atoms with E-state index in [1.165, 1.54) is 10.6 Å². The molecule has 126 valence electrons. The van der Waals surface area contributed by atoms with Gasteiger partial charge in [0.1, 0.15) is 0 Å². The van der Waals surface area contributed by atoms with Crippen LogP contribution < -0.4 is 16.2 Å². The number of hydrogen-bond acceptors (Lipinski definition) is 6. The van der Waals surface area contributed by atoms with Crippen LogP contribution >= 0.6 is 0 Å². The first kappa shape index (κ1) is 16.2. The summed E-state index contributed by atoms with van der Waals surface area (Å²) < 4.78 is 2.03. The van der Waals surface area contributed by atoms with Crippen LogP contribution in [-0.4, -0.2) is 26.1 Å². The molecule has 0 fully saturated rings. The lowest BCUT2D eigenvalue weighted by Crippen LogP contribution is -2.32. The Labute approximate surface area is 141 Å². The molecule has 0 spiro atoms. The van der Waals surface area contributed by atoms with Crippen LogP contribution in [-0.2, 0) is 6.54 Å². The Kier molecular flexibility index (Phi) is 4.61. The summed E-state index contributed by atoms with van der Waals surface area (Å²) in [5.41, 5.74) is 2.72. The highest BCUT2D eigenvalue weighted by atomic mass is 15.5. The monoisotopic (exact) mass is 325 g/mol. The minimum Gasteiger partial charge on any atom is -0.364 e. The van der Waals surface area contributed by atoms with E-state index in [2.05, 4.69) is 46.2 Å². The first-order chi connectivity index (χ1) is 11.6. The molecule has 24 heavy (non-hydrogen) atoms. The van der Waals surface area contributed by atoms with Crippen LogP contribution in [0.15, 0.2) is 36.7 Å². The van der Waals surface area contributed by atoms with Crippen molar-refractivity contribution in [3.8, 4) is 0 Å². The Hall–Kier alpha value is -2.67. The van der Waals surface area contributed by atoms with Crippen molar-refractivity contribution in [1.82, 2.24) is 19.5 Å². The van der Waals surface area contributed by atoms with Gasteiger partial charge in [0.15, 0.2) is 17.0 Å². The lowest BCUT2D eigenvalue weighted by molar-refractivity contribution is 0.612. The van der Waals surface area contributed by atoms with Gasteiger partial charge in [-0.25, -0.2) is 10.8 Å². The number of nitrogens with two attached hydrogens (primary N) is 1. The Morgan fingerprint density at radius 2 is 1.96 bits per heavy atom. The maximum atomic E-state index is 6.01. The first-order valence-electron chi connectivity index (χ1n) is 8.14. The van der Waals surface area contributed by atoms with Gasteiger partial charge in [-0.05, 0) is 26.3 Å². The highest BCUT2D eigenvalue weighted by Gasteiger charge is 2.16. The molecule has 7 nitrogen and oxygen atoms in total. The molecule has 0 saturated heterocycles. The molecule has 0 aliphatic carbocycles. The number of imidazole rings is 1. The molecule has 3 aromatic rings. The highest BCUT2D eigenvalue weighted by molar-refractivity contribution is 5.84. The fraction of sp³-hybridized carbons (Fsp3) is 0.353. The van der Waals surface area contributed by atoms with Gasteiger partial charge in [0.25, 0.3) is 0 Å². The van der Waals surface area contributed by atoms with Crippen LogP contribution in [0, 0.1) is 0 Å². The molecule has 3 rings (SSSR count). The van der Waals surface area contributed by atoms with Crippen LogP contribution in [0.1, 0.15) is 32.4 Å². The highest BCUT2D eigenvalue weighted by Crippen LogP contribution is 2.24. The van der Waals surface area contributed by atoms with Gasteiger partial charge >= 0.3 is 0 Å². The summed E-state index contributed by atoms with van der Waals surface area (Å²) in [5, 5.41) is 4.90. The van der Waals surface area contributed by atoms with Crippen LogP contribution in [0.2, 0.25) is 0 Å². The predicted octanol–water partition coefficient (Wildman–Crippen LogP) is 2.72. The molecule has 7 heteroatoms. The molecule has 3 N–H and O–H groups in total. The lowest BCUT2D eigenvalue weighted by Gasteiger charge is -2.16. The Balaban J connectivity index is 2.01. The number of hydrazine groups is 1. The standard InChI is InChI=1S/C17H23N7/c1-4-24(18)17-21-15(19-10-13-8-6-5-7-9-13)14-16(22-17)23(11-20-14)12(2)3/h5-9,11-12H,4,10,18H2,1-3H3,(H,19,21,22). The van der Waals surface area contributed by atoms with Gasteiger partial charge < -0.3 is 9.88 Å². The van der Waals surface area contributed by atoms with Gasteiger partial charge in [-0.15, -0.1) is 0 Å². The van der Waals surface area contributed by atoms with E-state index in [0.29, 0.717) is 24.9 Å². The largest absolute Gasteiger partial charge is 0.364 e. The summed E-state index contributed by atoms with van der Waals surface area (Å²) in [7, 11) is 0. The number of anilines is 2. The fourth-order valence-electron chi connectivity index (χ4n) is 2.46. The smallest absolute Gasteiger partial charge is 0.243 e. The second kappa shape index (κ2) is 6.84. The SMILES string of the molecule is CCN(N)c1nc(NCc2ccccc2)c2ncn(C(C)C)c2n1. The molecule has 0 bridgehead atoms. The number of benzene rings is 1. The van der Waals surface area contributed by atoms with Gasteiger partial charge in [-0.3, -0.25) is 5.01 Å². The molecule has 0 aliphatic heterocycles. The quantitative estimate of drug-likeness (QED) is 0.535. The van der Waals surface area contributed by atoms with Gasteiger partial charge in [0.05, 0.1) is 6.33 Å². The molecular weight excluding hydrogens is 302 g/mol. The summed E-state index contributed by atoms with van der Waals surface area (Å²) in [6, 6.07) is 10.4. The van der Waals surface area contributed by atoms with Crippen molar-refractivity contribution < 1.29 is 0 Å². The number of rotatable bonds is 6. The lowest BCUT2D eigenvalue weighted by atomic mass is 10.2. The zero-order valence-electron chi connectivity index (χ0n) is 14.3. The number of fused-ring (bicyclic) bond motifs is 1. The van der Waals surface area contributed by atoms with Crippen LogP contribution in [0.5, 0.6) is 0 Å². The van der Waals surface area contributed by atoms with E-state index in [1.807, 2.05) is 29.7 Å². The number of nitrogens with zero attached hydrogens (tertiary/aromatic N) is 5. The third kappa shape index (κ3) is 3.16. The second-order valence-corrected chi connectivity index (χ2v) is 5.92. The van der Waals surface area contributed by atoms with Crippen molar-refractivity contribution in [3.05, 3.63) is 42.2 Å². The summed E-state index contributed by atoms with van der Waals surface area (Å²) in [4.78, 5) is 13.6. The Morgan fingerprint density at radius 1 is 1.21 bits per heavy atom. The van der Waals surface area contributed by atoms with Gasteiger partial charge in [-0.2, -0.15) is 9.97 Å². The molecule has 0 radical (unpaired) electrons. The summed E-state index contributed by atoms with van der Waals surface area (Å²) in [5.74, 6) is 7.19. The van der Waals surface area contributed by atoms with Crippen molar-refractivity contribution >= 4 is 22.9 Å². The van der Waals surface area contributed by atoms with Crippen LogP contribution in [0.3, 0.4) is 0 Å². The molecule has 0 saturated carbocycles. The van der Waals surface area contributed by atoms with E-state index >= 15 is 0 Å². The van der Waals surface area contributed by atoms with Gasteiger partial charge in [0.2, 0.25) is 5.95 Å². The zero-order valence-corrected chi connectivity index (χ0v) is 14.3. The van der Waals surface area contributed by atoms with E-state index in [9.17, 15) is 0 Å². The topological polar surface area (TPSA) is 84.9 Å². The molecule has 0 atom stereocenters. The zero-order chi connectivity index (χ0) is 17.1. The minimum atomic E-state index is 0.257. The fourth-order valence-corrected chi connectivity index (χ4v) is 2.46. The number of aromatic nitrogens is 4. The van der Waals surface area contributed by atoms with Gasteiger partial charge in [0, 0.05) is 19.1 Å². The van der Waals surface area contributed by atoms with Gasteiger partial charge in [-0.1, -0.05) is 30.3 Å². The van der Waals surface area contributed by atoms with E-state index in [-0.39, 0.29) is 6.04 Å². The van der Waals surface area contributed by atoms with Crippen molar-refractivity contribution in [2.45, 2.75) is 33.4 Å². The predicted molar refractivity (Wildman–Crippen MR) is 96.7 cm³/mol. The van der Waals surface area contributed by atoms with E-state index in [1.54, 1.807) is 6.33 Å². The number of hydrogen-bond donors (Lipinski definition) is 2. The molecular formula is C17H23N7. The Bertz CT molecular complexity index is 810. The minimum absolute atomic E-state index is 0.257. The van der Waals surface area contributed by atoms with Crippen molar-refractivity contribution in [2.24, 2.45) is 5.84 Å². The van der Waals surface area contributed by atoms with Crippen LogP contribution in [0.4, 0.5) is 11.8 Å². The molecule has 2 aromatic heterocycles. The average molecular weight is 325 g/mol. The van der Waals surface area contributed by atoms with Crippen molar-refractivity contribution in [1.29, 1.82) is 0 Å². The molecule has 0 unspecified atom stereocenters. The first-order valence-corrected chi connectivity index (χ1v) is 8.14. The molecule has 0 amide bonds. The second-order valence-electron chi connectivity index (χ2n) is 5.92. The van der Waals surface area contributed by atoms with E-state index < -0.39 is 0 Å². The third-order valence-corrected chi connectivity index (χ3v) is 3.87. The maximum Gasteiger partial charge on any atom is 0.243 e. The van der Waals surface area contributed by atoms with E-state index in [4.69, 9.17) is 5.84 Å². The molecule has 2 heterocycles. The van der Waals surface area contributed by atoms with Crippen LogP contribution in [0.25, 0.3) is 11.2 Å². The normalized spacial score (nSPS) is 11.2. The summed E-state index contributed by atoms with van der Waals surface area (Å²) in [6.07, 6.45) is 1.80. The number of nitrogens with one attached hydrogen (secondary N) is 1. The maximum absolute atomic E-state index is 6.01. The summed E-state index contributed by atoms with van der Waals surface area (Å²) in [6.45, 7) is 7.45. The molecule has 0 aliphatic rings. The van der Waals surface area contributed by atoms with Crippen molar-refractivity contribution in [3.63, 3.8) is 0 Å². The Morgan fingerprint density at radius 3 is 2.62 bits per heavy atom. The summed E-state index contributed by atoms with van der Waals surface area (Å²) >= 11 is 0. The average Bonchev–Trinajstić information content (AvgIpc) is 3.04. The third-order valence-electron chi connectivity index (χ3n) is 3.87. The van der Waals surface area contributed by atoms with Crippen molar-refractivity contribution in [2.75, 3.05) is 16.9 Å². The molecule has 1 aromatic carbocycles.